The van der Waals surface area contributed by atoms with Gasteiger partial charge in [-0.25, -0.2) is 0 Å². The van der Waals surface area contributed by atoms with Crippen LogP contribution in [0.25, 0.3) is 0 Å². The molecule has 2 heterocycles. The van der Waals surface area contributed by atoms with E-state index in [1.807, 2.05) is 18.2 Å². The van der Waals surface area contributed by atoms with Gasteiger partial charge in [-0.3, -0.25) is 4.90 Å². The Bertz CT molecular complexity index is 584. The molecule has 2 aliphatic heterocycles. The van der Waals surface area contributed by atoms with E-state index in [0.29, 0.717) is 30.6 Å². The second-order valence-corrected chi connectivity index (χ2v) is 6.42. The molecule has 1 aromatic carbocycles. The van der Waals surface area contributed by atoms with Crippen LogP contribution in [0.5, 0.6) is 5.75 Å². The van der Waals surface area contributed by atoms with E-state index in [1.54, 1.807) is 7.11 Å². The van der Waals surface area contributed by atoms with Gasteiger partial charge in [0.05, 0.1) is 25.4 Å². The van der Waals surface area contributed by atoms with Crippen LogP contribution in [0, 0.1) is 17.2 Å². The van der Waals surface area contributed by atoms with Crippen molar-refractivity contribution in [3.63, 3.8) is 0 Å². The second kappa shape index (κ2) is 7.31. The number of aliphatic hydroxyl groups excluding tert-OH is 1. The van der Waals surface area contributed by atoms with Crippen molar-refractivity contribution in [3.8, 4) is 11.8 Å². The molecule has 2 fully saturated rings. The SMILES string of the molecule is COc1ccc(CN2CCC[C@@H]2[C@H]2COCC[C@H]2O)cc1C#N. The van der Waals surface area contributed by atoms with Gasteiger partial charge in [-0.15, -0.1) is 0 Å². The molecule has 3 atom stereocenters. The normalized spacial score (nSPS) is 28.5. The van der Waals surface area contributed by atoms with Crippen molar-refractivity contribution < 1.29 is 14.6 Å². The minimum Gasteiger partial charge on any atom is -0.495 e. The lowest BCUT2D eigenvalue weighted by Gasteiger charge is -2.37. The topological polar surface area (TPSA) is 65.7 Å². The zero-order valence-electron chi connectivity index (χ0n) is 13.6. The molecule has 0 bridgehead atoms. The third kappa shape index (κ3) is 3.50. The number of aliphatic hydroxyl groups is 1. The van der Waals surface area contributed by atoms with E-state index in [4.69, 9.17) is 9.47 Å². The van der Waals surface area contributed by atoms with E-state index in [0.717, 1.165) is 37.9 Å². The van der Waals surface area contributed by atoms with E-state index < -0.39 is 0 Å². The van der Waals surface area contributed by atoms with Gasteiger partial charge in [0, 0.05) is 25.1 Å². The molecule has 0 radical (unpaired) electrons. The van der Waals surface area contributed by atoms with Crippen molar-refractivity contribution in [2.24, 2.45) is 5.92 Å². The summed E-state index contributed by atoms with van der Waals surface area (Å²) in [5.74, 6) is 0.810. The van der Waals surface area contributed by atoms with Crippen molar-refractivity contribution in [3.05, 3.63) is 29.3 Å². The Morgan fingerprint density at radius 1 is 1.43 bits per heavy atom. The molecule has 1 aromatic rings. The van der Waals surface area contributed by atoms with Crippen LogP contribution in [0.3, 0.4) is 0 Å². The highest BCUT2D eigenvalue weighted by Crippen LogP contribution is 2.31. The number of hydrogen-bond donors (Lipinski definition) is 1. The second-order valence-electron chi connectivity index (χ2n) is 6.42. The molecule has 0 amide bonds. The molecule has 2 saturated heterocycles. The average Bonchev–Trinajstić information content (AvgIpc) is 3.03. The first-order valence-electron chi connectivity index (χ1n) is 8.30. The van der Waals surface area contributed by atoms with Crippen LogP contribution < -0.4 is 4.74 Å². The molecule has 5 heteroatoms. The zero-order chi connectivity index (χ0) is 16.2. The van der Waals surface area contributed by atoms with Gasteiger partial charge < -0.3 is 14.6 Å². The standard InChI is InChI=1S/C18H24N2O3/c1-22-18-5-4-13(9-14(18)10-19)11-20-7-2-3-16(20)15-12-23-8-6-17(15)21/h4-5,9,15-17,21H,2-3,6-8,11-12H2,1H3/t15-,16-,17-/m1/s1. The Morgan fingerprint density at radius 3 is 3.04 bits per heavy atom. The smallest absolute Gasteiger partial charge is 0.136 e. The van der Waals surface area contributed by atoms with Crippen LogP contribution in [-0.4, -0.2) is 49.0 Å². The highest BCUT2D eigenvalue weighted by atomic mass is 16.5. The van der Waals surface area contributed by atoms with Crippen molar-refractivity contribution in [2.45, 2.75) is 38.0 Å². The van der Waals surface area contributed by atoms with Gasteiger partial charge in [-0.1, -0.05) is 6.07 Å². The summed E-state index contributed by atoms with van der Waals surface area (Å²) >= 11 is 0. The molecule has 23 heavy (non-hydrogen) atoms. The van der Waals surface area contributed by atoms with Crippen LogP contribution in [0.4, 0.5) is 0 Å². The van der Waals surface area contributed by atoms with E-state index in [9.17, 15) is 10.4 Å². The lowest BCUT2D eigenvalue weighted by atomic mass is 9.89. The fourth-order valence-electron chi connectivity index (χ4n) is 3.82. The number of hydrogen-bond acceptors (Lipinski definition) is 5. The molecule has 5 nitrogen and oxygen atoms in total. The molecular weight excluding hydrogens is 292 g/mol. The molecular formula is C18H24N2O3. The fraction of sp³-hybridized carbons (Fsp3) is 0.611. The molecule has 0 saturated carbocycles. The third-order valence-electron chi connectivity index (χ3n) is 5.04. The largest absolute Gasteiger partial charge is 0.495 e. The number of nitrogens with zero attached hydrogens (tertiary/aromatic N) is 2. The minimum absolute atomic E-state index is 0.194. The molecule has 3 rings (SSSR count). The van der Waals surface area contributed by atoms with Crippen LogP contribution >= 0.6 is 0 Å². The van der Waals surface area contributed by atoms with E-state index in [2.05, 4.69) is 11.0 Å². The third-order valence-corrected chi connectivity index (χ3v) is 5.04. The van der Waals surface area contributed by atoms with Gasteiger partial charge in [-0.05, 0) is 43.5 Å². The highest BCUT2D eigenvalue weighted by Gasteiger charge is 2.37. The fourth-order valence-corrected chi connectivity index (χ4v) is 3.82. The highest BCUT2D eigenvalue weighted by molar-refractivity contribution is 5.45. The zero-order valence-corrected chi connectivity index (χ0v) is 13.6. The predicted octanol–water partition coefficient (Wildman–Crippen LogP) is 1.93. The molecule has 0 aromatic heterocycles. The number of methoxy groups -OCH3 is 1. The lowest BCUT2D eigenvalue weighted by Crippen LogP contribution is -2.45. The maximum absolute atomic E-state index is 10.3. The first kappa shape index (κ1) is 16.3. The molecule has 1 N–H and O–H groups in total. The Labute approximate surface area is 137 Å². The summed E-state index contributed by atoms with van der Waals surface area (Å²) in [5.41, 5.74) is 1.68. The summed E-state index contributed by atoms with van der Waals surface area (Å²) in [7, 11) is 1.58. The first-order chi connectivity index (χ1) is 11.2. The quantitative estimate of drug-likeness (QED) is 0.919. The number of rotatable bonds is 4. The Kier molecular flexibility index (Phi) is 5.16. The summed E-state index contributed by atoms with van der Waals surface area (Å²) in [4.78, 5) is 2.42. The minimum atomic E-state index is -0.264. The summed E-state index contributed by atoms with van der Waals surface area (Å²) in [6.07, 6.45) is 2.72. The van der Waals surface area contributed by atoms with Gasteiger partial charge in [0.1, 0.15) is 11.8 Å². The molecule has 2 aliphatic rings. The lowest BCUT2D eigenvalue weighted by molar-refractivity contribution is -0.0636. The molecule has 0 aliphatic carbocycles. The van der Waals surface area contributed by atoms with E-state index in [1.165, 1.54) is 0 Å². The van der Waals surface area contributed by atoms with E-state index in [-0.39, 0.29) is 12.0 Å². The van der Waals surface area contributed by atoms with E-state index >= 15 is 0 Å². The van der Waals surface area contributed by atoms with Crippen LogP contribution in [-0.2, 0) is 11.3 Å². The number of nitriles is 1. The maximum Gasteiger partial charge on any atom is 0.136 e. The molecule has 124 valence electrons. The number of ether oxygens (including phenoxy) is 2. The maximum atomic E-state index is 10.3. The van der Waals surface area contributed by atoms with Crippen LogP contribution in [0.2, 0.25) is 0 Å². The van der Waals surface area contributed by atoms with Gasteiger partial charge in [-0.2, -0.15) is 5.26 Å². The Morgan fingerprint density at radius 2 is 2.30 bits per heavy atom. The summed E-state index contributed by atoms with van der Waals surface area (Å²) in [6, 6.07) is 8.33. The van der Waals surface area contributed by atoms with Gasteiger partial charge >= 0.3 is 0 Å². The van der Waals surface area contributed by atoms with Crippen LogP contribution in [0.15, 0.2) is 18.2 Å². The van der Waals surface area contributed by atoms with Gasteiger partial charge in [0.25, 0.3) is 0 Å². The summed E-state index contributed by atoms with van der Waals surface area (Å²) < 4.78 is 10.8. The Balaban J connectivity index is 1.72. The number of likely N-dealkylation sites (tertiary alicyclic amines) is 1. The summed E-state index contributed by atoms with van der Waals surface area (Å²) in [5, 5.41) is 19.5. The average molecular weight is 316 g/mol. The summed E-state index contributed by atoms with van der Waals surface area (Å²) in [6.45, 7) is 3.14. The van der Waals surface area contributed by atoms with Crippen molar-refractivity contribution in [1.82, 2.24) is 4.90 Å². The number of benzene rings is 1. The first-order valence-corrected chi connectivity index (χ1v) is 8.30. The molecule has 0 unspecified atom stereocenters. The predicted molar refractivity (Wildman–Crippen MR) is 86.1 cm³/mol. The Hall–Kier alpha value is -1.61. The molecule has 0 spiro atoms. The monoisotopic (exact) mass is 316 g/mol. The van der Waals surface area contributed by atoms with Gasteiger partial charge in [0.2, 0.25) is 0 Å². The van der Waals surface area contributed by atoms with Crippen molar-refractivity contribution >= 4 is 0 Å². The van der Waals surface area contributed by atoms with Crippen LogP contribution in [0.1, 0.15) is 30.4 Å². The van der Waals surface area contributed by atoms with Gasteiger partial charge in [0.15, 0.2) is 0 Å². The van der Waals surface area contributed by atoms with Crippen molar-refractivity contribution in [2.75, 3.05) is 26.9 Å². The van der Waals surface area contributed by atoms with Crippen molar-refractivity contribution in [1.29, 1.82) is 5.26 Å².